The summed E-state index contributed by atoms with van der Waals surface area (Å²) in [6.45, 7) is 5.73. The zero-order valence-electron chi connectivity index (χ0n) is 16.0. The third-order valence-corrected chi connectivity index (χ3v) is 8.09. The van der Waals surface area contributed by atoms with Crippen molar-refractivity contribution in [2.45, 2.75) is 58.5 Å². The first-order valence-electron chi connectivity index (χ1n) is 9.86. The molecule has 0 unspecified atom stereocenters. The van der Waals surface area contributed by atoms with Crippen LogP contribution in [0.5, 0.6) is 0 Å². The van der Waals surface area contributed by atoms with E-state index in [0.717, 1.165) is 30.6 Å². The summed E-state index contributed by atoms with van der Waals surface area (Å²) in [5.41, 5.74) is -0.194. The van der Waals surface area contributed by atoms with E-state index in [2.05, 4.69) is 38.2 Å². The minimum absolute atomic E-state index is 0.135. The summed E-state index contributed by atoms with van der Waals surface area (Å²) in [6.07, 6.45) is 13.1. The van der Waals surface area contributed by atoms with E-state index in [4.69, 9.17) is 4.74 Å². The zero-order chi connectivity index (χ0) is 18.7. The fourth-order valence-corrected chi connectivity index (χ4v) is 6.52. The molecule has 0 aliphatic heterocycles. The largest absolute Gasteiger partial charge is 0.431 e. The van der Waals surface area contributed by atoms with Gasteiger partial charge in [0.15, 0.2) is 0 Å². The van der Waals surface area contributed by atoms with Gasteiger partial charge in [0.1, 0.15) is 5.76 Å². The average molecular weight is 358 g/mol. The van der Waals surface area contributed by atoms with Crippen LogP contribution < -0.4 is 0 Å². The molecule has 26 heavy (non-hydrogen) atoms. The SMILES string of the molecule is CC(=O)OC1=C2C=C[C@@H]3[C@H](CC[C@@]4(C)[C@H]3CC[C@@]4(O)CO)[C@@]2(C)C=CC1. The Bertz CT molecular complexity index is 720. The van der Waals surface area contributed by atoms with Crippen LogP contribution in [0.1, 0.15) is 52.9 Å². The molecule has 0 saturated heterocycles. The van der Waals surface area contributed by atoms with Crippen LogP contribution in [0.3, 0.4) is 0 Å². The molecule has 6 atom stereocenters. The minimum Gasteiger partial charge on any atom is -0.431 e. The summed E-state index contributed by atoms with van der Waals surface area (Å²) in [5.74, 6) is 1.71. The zero-order valence-corrected chi connectivity index (χ0v) is 16.0. The van der Waals surface area contributed by atoms with Gasteiger partial charge in [-0.3, -0.25) is 4.79 Å². The van der Waals surface area contributed by atoms with E-state index >= 15 is 0 Å². The highest BCUT2D eigenvalue weighted by atomic mass is 16.5. The molecule has 0 amide bonds. The molecule has 0 bridgehead atoms. The Balaban J connectivity index is 1.75. The summed E-state index contributed by atoms with van der Waals surface area (Å²) >= 11 is 0. The molecule has 0 radical (unpaired) electrons. The Morgan fingerprint density at radius 3 is 2.69 bits per heavy atom. The second-order valence-electron chi connectivity index (χ2n) is 9.15. The van der Waals surface area contributed by atoms with Crippen molar-refractivity contribution in [3.05, 3.63) is 35.6 Å². The Hall–Kier alpha value is -1.39. The first-order chi connectivity index (χ1) is 12.2. The molecule has 4 rings (SSSR count). The summed E-state index contributed by atoms with van der Waals surface area (Å²) < 4.78 is 5.53. The number of allylic oxidation sites excluding steroid dienone is 5. The van der Waals surface area contributed by atoms with E-state index in [9.17, 15) is 15.0 Å². The number of fused-ring (bicyclic) bond motifs is 5. The van der Waals surface area contributed by atoms with Crippen LogP contribution in [-0.4, -0.2) is 28.4 Å². The van der Waals surface area contributed by atoms with Crippen molar-refractivity contribution in [1.29, 1.82) is 0 Å². The van der Waals surface area contributed by atoms with E-state index < -0.39 is 5.60 Å². The molecule has 0 heterocycles. The average Bonchev–Trinajstić information content (AvgIpc) is 2.86. The molecular formula is C22H30O4. The first kappa shape index (κ1) is 18.0. The maximum absolute atomic E-state index is 11.5. The number of aliphatic hydroxyl groups is 2. The van der Waals surface area contributed by atoms with Crippen molar-refractivity contribution >= 4 is 5.97 Å². The highest BCUT2D eigenvalue weighted by molar-refractivity contribution is 5.68. The number of hydrogen-bond acceptors (Lipinski definition) is 4. The summed E-state index contributed by atoms with van der Waals surface area (Å²) in [5, 5.41) is 20.9. The third kappa shape index (κ3) is 2.24. The van der Waals surface area contributed by atoms with Gasteiger partial charge in [0.05, 0.1) is 12.2 Å². The van der Waals surface area contributed by atoms with Crippen molar-refractivity contribution in [2.24, 2.45) is 28.6 Å². The number of carbonyl (C=O) groups excluding carboxylic acids is 1. The number of esters is 1. The lowest BCUT2D eigenvalue weighted by atomic mass is 9.49. The molecule has 4 aliphatic rings. The minimum atomic E-state index is -0.960. The van der Waals surface area contributed by atoms with Gasteiger partial charge in [-0.25, -0.2) is 0 Å². The predicted molar refractivity (Wildman–Crippen MR) is 98.9 cm³/mol. The van der Waals surface area contributed by atoms with Gasteiger partial charge in [-0.15, -0.1) is 0 Å². The molecular weight excluding hydrogens is 328 g/mol. The molecule has 142 valence electrons. The lowest BCUT2D eigenvalue weighted by Gasteiger charge is -2.56. The van der Waals surface area contributed by atoms with E-state index in [-0.39, 0.29) is 23.4 Å². The van der Waals surface area contributed by atoms with E-state index in [1.54, 1.807) is 0 Å². The van der Waals surface area contributed by atoms with E-state index in [1.165, 1.54) is 6.92 Å². The first-order valence-corrected chi connectivity index (χ1v) is 9.86. The van der Waals surface area contributed by atoms with Crippen molar-refractivity contribution in [2.75, 3.05) is 6.61 Å². The normalized spacial score (nSPS) is 46.6. The molecule has 0 aromatic carbocycles. The van der Waals surface area contributed by atoms with Crippen LogP contribution in [0.25, 0.3) is 0 Å². The van der Waals surface area contributed by atoms with Crippen molar-refractivity contribution in [3.63, 3.8) is 0 Å². The van der Waals surface area contributed by atoms with Gasteiger partial charge in [-0.1, -0.05) is 38.2 Å². The molecule has 4 aliphatic carbocycles. The van der Waals surface area contributed by atoms with Crippen LogP contribution >= 0.6 is 0 Å². The Morgan fingerprint density at radius 1 is 1.27 bits per heavy atom. The van der Waals surface area contributed by atoms with Crippen molar-refractivity contribution in [1.82, 2.24) is 0 Å². The Morgan fingerprint density at radius 2 is 2.00 bits per heavy atom. The predicted octanol–water partition coefficient (Wildman–Crippen LogP) is 3.51. The molecule has 2 fully saturated rings. The Kier molecular flexibility index (Phi) is 4.02. The van der Waals surface area contributed by atoms with E-state index in [0.29, 0.717) is 30.6 Å². The second-order valence-corrected chi connectivity index (χ2v) is 9.15. The highest BCUT2D eigenvalue weighted by Gasteiger charge is 2.63. The van der Waals surface area contributed by atoms with E-state index in [1.807, 2.05) is 0 Å². The van der Waals surface area contributed by atoms with Gasteiger partial charge in [0.25, 0.3) is 0 Å². The molecule has 0 spiro atoms. The van der Waals surface area contributed by atoms with Gasteiger partial charge < -0.3 is 14.9 Å². The van der Waals surface area contributed by atoms with Gasteiger partial charge in [-0.05, 0) is 43.4 Å². The summed E-state index contributed by atoms with van der Waals surface area (Å²) in [7, 11) is 0. The van der Waals surface area contributed by atoms with Crippen LogP contribution in [-0.2, 0) is 9.53 Å². The standard InChI is InChI=1S/C22H30O4/c1-14(24)26-19-5-4-10-20(2)16-8-11-21(3)17(9-12-22(21,25)13-23)15(16)6-7-18(19)20/h4,6-7,10,15-17,23,25H,5,8-9,11-13H2,1-3H3/t15-,16+,17+,20-,21+,22-/m1/s1. The van der Waals surface area contributed by atoms with Crippen LogP contribution in [0.2, 0.25) is 0 Å². The molecule has 4 nitrogen and oxygen atoms in total. The van der Waals surface area contributed by atoms with Gasteiger partial charge in [0.2, 0.25) is 0 Å². The molecule has 0 aromatic rings. The van der Waals surface area contributed by atoms with Crippen LogP contribution in [0.15, 0.2) is 35.6 Å². The number of ether oxygens (including phenoxy) is 1. The Labute approximate surface area is 155 Å². The lowest BCUT2D eigenvalue weighted by Crippen LogP contribution is -2.54. The molecule has 2 N–H and O–H groups in total. The summed E-state index contributed by atoms with van der Waals surface area (Å²) in [6, 6.07) is 0. The molecule has 0 aromatic heterocycles. The lowest BCUT2D eigenvalue weighted by molar-refractivity contribution is -0.137. The molecule has 2 saturated carbocycles. The van der Waals surface area contributed by atoms with Gasteiger partial charge in [0, 0.05) is 29.7 Å². The van der Waals surface area contributed by atoms with Crippen LogP contribution in [0, 0.1) is 28.6 Å². The number of carbonyl (C=O) groups is 1. The number of hydrogen-bond donors (Lipinski definition) is 2. The second kappa shape index (κ2) is 5.80. The van der Waals surface area contributed by atoms with Crippen molar-refractivity contribution < 1.29 is 19.7 Å². The quantitative estimate of drug-likeness (QED) is 0.586. The van der Waals surface area contributed by atoms with Gasteiger partial charge >= 0.3 is 5.97 Å². The fraction of sp³-hybridized carbons (Fsp3) is 0.682. The number of aliphatic hydroxyl groups excluding tert-OH is 1. The monoisotopic (exact) mass is 358 g/mol. The maximum Gasteiger partial charge on any atom is 0.307 e. The molecule has 4 heteroatoms. The maximum atomic E-state index is 11.5. The highest BCUT2D eigenvalue weighted by Crippen LogP contribution is 2.65. The van der Waals surface area contributed by atoms with Crippen LogP contribution in [0.4, 0.5) is 0 Å². The topological polar surface area (TPSA) is 66.8 Å². The smallest absolute Gasteiger partial charge is 0.307 e. The third-order valence-electron chi connectivity index (χ3n) is 8.09. The fourth-order valence-electron chi connectivity index (χ4n) is 6.52. The number of rotatable bonds is 2. The summed E-state index contributed by atoms with van der Waals surface area (Å²) in [4.78, 5) is 11.5. The van der Waals surface area contributed by atoms with Gasteiger partial charge in [-0.2, -0.15) is 0 Å². The van der Waals surface area contributed by atoms with Crippen molar-refractivity contribution in [3.8, 4) is 0 Å².